The highest BCUT2D eigenvalue weighted by molar-refractivity contribution is 7.91. The van der Waals surface area contributed by atoms with Crippen molar-refractivity contribution in [2.45, 2.75) is 133 Å². The van der Waals surface area contributed by atoms with Crippen molar-refractivity contribution in [3.8, 4) is 5.88 Å². The first-order valence-corrected chi connectivity index (χ1v) is 22.9. The Labute approximate surface area is 355 Å². The zero-order valence-corrected chi connectivity index (χ0v) is 36.5. The monoisotopic (exact) mass is 872 g/mol. The van der Waals surface area contributed by atoms with Crippen LogP contribution in [0, 0.1) is 17.8 Å². The van der Waals surface area contributed by atoms with Gasteiger partial charge in [0.2, 0.25) is 21.8 Å². The van der Waals surface area contributed by atoms with Crippen LogP contribution in [0.15, 0.2) is 42.6 Å². The molecular weight excluding hydrogens is 815 g/mol. The van der Waals surface area contributed by atoms with E-state index >= 15 is 13.6 Å². The molecule has 3 unspecified atom stereocenters. The molecule has 2 saturated heterocycles. The number of nitrogens with one attached hydrogen (secondary N) is 2. The minimum atomic E-state index is -4.27. The average molecular weight is 873 g/mol. The number of rotatable bonds is 9. The van der Waals surface area contributed by atoms with Gasteiger partial charge in [0, 0.05) is 54.1 Å². The van der Waals surface area contributed by atoms with Crippen LogP contribution in [0.2, 0.25) is 0 Å². The molecule has 2 aromatic rings. The lowest BCUT2D eigenvalue weighted by atomic mass is 9.86. The molecule has 18 heteroatoms. The number of fused-ring (bicyclic) bond motifs is 3. The molecule has 15 nitrogen and oxygen atoms in total. The lowest BCUT2D eigenvalue weighted by Crippen LogP contribution is -2.64. The number of nitrogens with zero attached hydrogens (tertiary/aromatic N) is 4. The fourth-order valence-corrected chi connectivity index (χ4v) is 10.6. The van der Waals surface area contributed by atoms with E-state index in [9.17, 15) is 27.9 Å². The van der Waals surface area contributed by atoms with Crippen molar-refractivity contribution < 1.29 is 51.0 Å². The highest BCUT2D eigenvalue weighted by Crippen LogP contribution is 2.51. The van der Waals surface area contributed by atoms with Gasteiger partial charge in [0.05, 0.1) is 18.0 Å². The van der Waals surface area contributed by atoms with Gasteiger partial charge in [0.15, 0.2) is 5.60 Å². The van der Waals surface area contributed by atoms with Crippen LogP contribution in [-0.2, 0) is 29.1 Å². The lowest BCUT2D eigenvalue weighted by molar-refractivity contribution is -0.219. The van der Waals surface area contributed by atoms with Crippen molar-refractivity contribution in [2.75, 3.05) is 31.2 Å². The summed E-state index contributed by atoms with van der Waals surface area (Å²) in [5, 5.41) is 14.3. The van der Waals surface area contributed by atoms with Crippen LogP contribution in [0.5, 0.6) is 5.88 Å². The Morgan fingerprint density at radius 3 is 2.48 bits per heavy atom. The molecule has 7 rings (SSSR count). The Kier molecular flexibility index (Phi) is 11.9. The van der Waals surface area contributed by atoms with Gasteiger partial charge in [-0.2, -0.15) is 8.78 Å². The molecule has 4 fully saturated rings. The van der Waals surface area contributed by atoms with Gasteiger partial charge in [-0.3, -0.25) is 28.9 Å². The summed E-state index contributed by atoms with van der Waals surface area (Å²) in [6.07, 6.45) is 5.09. The molecule has 8 atom stereocenters. The first kappa shape index (κ1) is 44.5. The van der Waals surface area contributed by atoms with E-state index in [-0.39, 0.29) is 29.5 Å². The maximum absolute atomic E-state index is 17.8. The van der Waals surface area contributed by atoms with Gasteiger partial charge in [0.1, 0.15) is 17.6 Å². The molecule has 2 aliphatic carbocycles. The number of aromatic nitrogens is 1. The summed E-state index contributed by atoms with van der Waals surface area (Å²) in [5.41, 5.74) is -3.64. The average Bonchev–Trinajstić information content (AvgIpc) is 4.12. The van der Waals surface area contributed by atoms with Crippen LogP contribution in [0.1, 0.15) is 92.9 Å². The first-order valence-electron chi connectivity index (χ1n) is 21.4. The maximum Gasteiger partial charge on any atom is 0.408 e. The van der Waals surface area contributed by atoms with Crippen molar-refractivity contribution in [1.82, 2.24) is 24.8 Å². The number of sulfonamides is 1. The van der Waals surface area contributed by atoms with Crippen LogP contribution in [0.25, 0.3) is 10.8 Å². The summed E-state index contributed by atoms with van der Waals surface area (Å²) >= 11 is 0. The SMILES string of the molecule is CCC(C)N(C(=O)O)[C@@H]1C(=O)N2[C@@H](C[C@@](C)(Oc3nccc4c(N5CCOCC5)cccc34)C2(F)F)C(=O)NC2(C(=O)NS(=O)(=O)C3(C)CC3)CC2/C=C\CC[C@@H](C)C[C@H]1C. The highest BCUT2D eigenvalue weighted by Gasteiger charge is 2.71. The maximum atomic E-state index is 17.8. The predicted octanol–water partition coefficient (Wildman–Crippen LogP) is 5.44. The Morgan fingerprint density at radius 1 is 1.11 bits per heavy atom. The molecule has 4 heterocycles. The number of carbonyl (C=O) groups excluding carboxylic acids is 3. The molecule has 2 saturated carbocycles. The van der Waals surface area contributed by atoms with Crippen LogP contribution >= 0.6 is 0 Å². The lowest BCUT2D eigenvalue weighted by Gasteiger charge is -2.42. The van der Waals surface area contributed by atoms with Crippen molar-refractivity contribution >= 4 is 50.3 Å². The fourth-order valence-electron chi connectivity index (χ4n) is 9.32. The van der Waals surface area contributed by atoms with Crippen LogP contribution in [0.3, 0.4) is 0 Å². The second-order valence-electron chi connectivity index (χ2n) is 18.3. The van der Waals surface area contributed by atoms with Crippen LogP contribution in [-0.4, -0.2) is 118 Å². The van der Waals surface area contributed by atoms with Crippen LogP contribution < -0.4 is 19.7 Å². The van der Waals surface area contributed by atoms with Gasteiger partial charge in [0.25, 0.3) is 11.8 Å². The van der Waals surface area contributed by atoms with Crippen molar-refractivity contribution in [3.63, 3.8) is 0 Å². The van der Waals surface area contributed by atoms with E-state index in [2.05, 4.69) is 19.9 Å². The molecule has 0 spiro atoms. The predicted molar refractivity (Wildman–Crippen MR) is 222 cm³/mol. The van der Waals surface area contributed by atoms with E-state index in [1.165, 1.54) is 13.1 Å². The minimum absolute atomic E-state index is 0.0143. The second-order valence-corrected chi connectivity index (χ2v) is 20.5. The summed E-state index contributed by atoms with van der Waals surface area (Å²) < 4.78 is 75.0. The Bertz CT molecular complexity index is 2200. The Morgan fingerprint density at radius 2 is 1.82 bits per heavy atom. The Hall–Kier alpha value is -4.58. The van der Waals surface area contributed by atoms with Gasteiger partial charge >= 0.3 is 12.1 Å². The van der Waals surface area contributed by atoms with E-state index in [1.807, 2.05) is 19.1 Å². The molecule has 4 amide bonds. The van der Waals surface area contributed by atoms with Gasteiger partial charge in [-0.1, -0.05) is 39.0 Å². The van der Waals surface area contributed by atoms with Gasteiger partial charge in [-0.25, -0.2) is 18.2 Å². The topological polar surface area (TPSA) is 188 Å². The molecule has 3 N–H and O–H groups in total. The highest BCUT2D eigenvalue weighted by atomic mass is 32.2. The number of anilines is 1. The third-order valence-corrected chi connectivity index (χ3v) is 15.9. The van der Waals surface area contributed by atoms with Gasteiger partial charge in [-0.15, -0.1) is 0 Å². The van der Waals surface area contributed by atoms with Gasteiger partial charge < -0.3 is 24.8 Å². The van der Waals surface area contributed by atoms with Crippen molar-refractivity contribution in [3.05, 3.63) is 42.6 Å². The number of amides is 4. The van der Waals surface area contributed by atoms with E-state index in [0.29, 0.717) is 69.2 Å². The van der Waals surface area contributed by atoms with E-state index < -0.39 is 92.2 Å². The zero-order chi connectivity index (χ0) is 44.3. The number of pyridine rings is 1. The summed E-state index contributed by atoms with van der Waals surface area (Å²) in [6, 6.07) is -1.57. The summed E-state index contributed by atoms with van der Waals surface area (Å²) in [6.45, 7) is 11.7. The molecular formula is C43H58F2N6O9S. The number of benzene rings is 1. The standard InChI is InChI=1S/C43H58F2N6O9S/c1-7-28(4)50(39(55)56)34-27(3)23-26(2)11-8-9-12-29-24-42(29,38(54)48-61(57,58)40(5)16-17-40)47-35(52)33-25-41(6,43(44,45)51(33)37(34)53)60-36-31-13-10-14-32(30(31)15-18-46-36)49-19-21-59-22-20-49/h9-10,12-15,18,26-29,33-34H,7-8,11,16-17,19-25H2,1-6H3,(H,47,52)(H,48,54)(H,55,56)/b12-9-/t26-,27-,28?,29?,33+,34+,41-,42?/m1/s1. The molecule has 0 bridgehead atoms. The largest absolute Gasteiger partial charge is 0.465 e. The minimum Gasteiger partial charge on any atom is -0.465 e. The Balaban J connectivity index is 1.33. The molecule has 0 radical (unpaired) electrons. The molecule has 3 aliphatic heterocycles. The van der Waals surface area contributed by atoms with E-state index in [0.717, 1.165) is 17.5 Å². The summed E-state index contributed by atoms with van der Waals surface area (Å²) in [7, 11) is -4.16. The molecule has 5 aliphatic rings. The third-order valence-electron chi connectivity index (χ3n) is 13.7. The van der Waals surface area contributed by atoms with Crippen LogP contribution in [0.4, 0.5) is 19.3 Å². The number of carboxylic acid groups (broad SMARTS) is 1. The molecule has 1 aromatic carbocycles. The third kappa shape index (κ3) is 8.02. The van der Waals surface area contributed by atoms with Crippen molar-refractivity contribution in [1.29, 1.82) is 0 Å². The zero-order valence-electron chi connectivity index (χ0n) is 35.7. The van der Waals surface area contributed by atoms with E-state index in [1.54, 1.807) is 45.0 Å². The van der Waals surface area contributed by atoms with Crippen molar-refractivity contribution in [2.24, 2.45) is 17.8 Å². The number of morpholine rings is 1. The fraction of sp³-hybridized carbons (Fsp3) is 0.651. The molecule has 61 heavy (non-hydrogen) atoms. The normalized spacial score (nSPS) is 32.3. The first-order chi connectivity index (χ1) is 28.7. The number of ether oxygens (including phenoxy) is 2. The number of hydrogen-bond acceptors (Lipinski definition) is 10. The second kappa shape index (κ2) is 16.3. The summed E-state index contributed by atoms with van der Waals surface area (Å²) in [4.78, 5) is 64.6. The van der Waals surface area contributed by atoms with E-state index in [4.69, 9.17) is 9.47 Å². The molecule has 334 valence electrons. The smallest absolute Gasteiger partial charge is 0.408 e. The quantitative estimate of drug-likeness (QED) is 0.215. The number of hydrogen-bond donors (Lipinski definition) is 3. The van der Waals surface area contributed by atoms with Gasteiger partial charge in [-0.05, 0) is 95.8 Å². The summed E-state index contributed by atoms with van der Waals surface area (Å²) in [5.74, 6) is -5.13. The number of halogens is 2. The molecule has 1 aromatic heterocycles. The number of carbonyl (C=O) groups is 4. The number of alkyl halides is 2. The number of allylic oxidation sites excluding steroid dienone is 1.